The van der Waals surface area contributed by atoms with Crippen LogP contribution in [0.4, 0.5) is 5.69 Å². The molecule has 3 N–H and O–H groups in total. The number of phenolic OH excluding ortho intramolecular Hbond substituents is 1. The lowest BCUT2D eigenvalue weighted by Gasteiger charge is -2.38. The molecule has 0 saturated carbocycles. The normalized spacial score (nSPS) is 14.7. The summed E-state index contributed by atoms with van der Waals surface area (Å²) in [7, 11) is 0. The summed E-state index contributed by atoms with van der Waals surface area (Å²) < 4.78 is 2.27. The molecule has 1 atom stereocenters. The van der Waals surface area contributed by atoms with Crippen LogP contribution in [0.15, 0.2) is 29.6 Å². The van der Waals surface area contributed by atoms with Crippen LogP contribution in [0.5, 0.6) is 5.75 Å². The van der Waals surface area contributed by atoms with E-state index < -0.39 is 11.6 Å². The summed E-state index contributed by atoms with van der Waals surface area (Å²) in [6, 6.07) is 7.32. The summed E-state index contributed by atoms with van der Waals surface area (Å²) in [4.78, 5) is 13.1. The number of carbonyl (C=O) groups is 1. The molecule has 5 nitrogen and oxygen atoms in total. The van der Waals surface area contributed by atoms with Gasteiger partial charge in [0.25, 0.3) is 0 Å². The zero-order valence-corrected chi connectivity index (χ0v) is 23.5. The second-order valence-electron chi connectivity index (χ2n) is 9.61. The van der Waals surface area contributed by atoms with Gasteiger partial charge in [0.05, 0.1) is 23.8 Å². The Morgan fingerprint density at radius 1 is 1.14 bits per heavy atom. The first-order valence-corrected chi connectivity index (χ1v) is 13.7. The predicted octanol–water partition coefficient (Wildman–Crippen LogP) is 7.62. The Balaban J connectivity index is 0.000000623. The number of aromatic hydroxyl groups is 1. The number of anilines is 1. The van der Waals surface area contributed by atoms with Crippen molar-refractivity contribution in [3.8, 4) is 28.0 Å². The minimum Gasteiger partial charge on any atom is -0.507 e. The van der Waals surface area contributed by atoms with Crippen molar-refractivity contribution in [1.29, 1.82) is 0 Å². The third-order valence-corrected chi connectivity index (χ3v) is 7.98. The fourth-order valence-corrected chi connectivity index (χ4v) is 6.52. The van der Waals surface area contributed by atoms with Crippen LogP contribution in [-0.4, -0.2) is 33.1 Å². The second kappa shape index (κ2) is 10.4. The standard InChI is InChI=1S/C23H22ClNO3S2.C4H10O/c1-11-17(10-19(27)28)20(15-6-5-14(24)9-18(15)26)12(2)21-16-7-8-30-23(16)13(3)25(29-4)22(11)21;1-4(2,3)5/h5-9,13,26H,10H2,1-4H3,(H,27,28);5H,1-3H3/t13-;/m1./s1. The van der Waals surface area contributed by atoms with Crippen LogP contribution in [0.2, 0.25) is 5.02 Å². The fourth-order valence-electron chi connectivity index (χ4n) is 4.51. The Hall–Kier alpha value is -2.19. The number of phenols is 1. The molecular formula is C27H32ClNO4S2. The van der Waals surface area contributed by atoms with Gasteiger partial charge in [0, 0.05) is 32.8 Å². The second-order valence-corrected chi connectivity index (χ2v) is 11.8. The van der Waals surface area contributed by atoms with Crippen molar-refractivity contribution in [2.24, 2.45) is 0 Å². The molecule has 188 valence electrons. The van der Waals surface area contributed by atoms with Gasteiger partial charge in [-0.2, -0.15) is 0 Å². The summed E-state index contributed by atoms with van der Waals surface area (Å²) in [5.74, 6) is -0.851. The highest BCUT2D eigenvalue weighted by atomic mass is 35.5. The Bertz CT molecular complexity index is 1260. The molecule has 0 radical (unpaired) electrons. The molecule has 0 unspecified atom stereocenters. The summed E-state index contributed by atoms with van der Waals surface area (Å²) in [6.45, 7) is 11.4. The molecule has 1 aromatic heterocycles. The first-order valence-electron chi connectivity index (χ1n) is 11.3. The Morgan fingerprint density at radius 2 is 1.77 bits per heavy atom. The third-order valence-electron chi connectivity index (χ3n) is 5.77. The molecule has 1 aliphatic rings. The zero-order chi connectivity index (χ0) is 26.2. The molecule has 1 aliphatic heterocycles. The number of fused-ring (bicyclic) bond motifs is 3. The molecule has 0 amide bonds. The lowest BCUT2D eigenvalue weighted by molar-refractivity contribution is -0.136. The Kier molecular flexibility index (Phi) is 8.16. The van der Waals surface area contributed by atoms with Crippen molar-refractivity contribution in [2.45, 2.75) is 59.6 Å². The van der Waals surface area contributed by atoms with Gasteiger partial charge in [0.1, 0.15) is 5.75 Å². The average Bonchev–Trinajstić information content (AvgIpc) is 3.21. The highest BCUT2D eigenvalue weighted by Gasteiger charge is 2.35. The average molecular weight is 534 g/mol. The van der Waals surface area contributed by atoms with E-state index in [4.69, 9.17) is 16.7 Å². The molecule has 8 heteroatoms. The predicted molar refractivity (Wildman–Crippen MR) is 149 cm³/mol. The molecule has 2 heterocycles. The number of thiophene rings is 1. The van der Waals surface area contributed by atoms with Crippen molar-refractivity contribution in [3.05, 3.63) is 56.2 Å². The van der Waals surface area contributed by atoms with Gasteiger partial charge in [-0.25, -0.2) is 0 Å². The van der Waals surface area contributed by atoms with Gasteiger partial charge in [-0.3, -0.25) is 4.79 Å². The molecule has 0 aliphatic carbocycles. The van der Waals surface area contributed by atoms with E-state index in [0.717, 1.165) is 33.5 Å². The van der Waals surface area contributed by atoms with Crippen LogP contribution >= 0.6 is 34.9 Å². The van der Waals surface area contributed by atoms with Gasteiger partial charge in [-0.15, -0.1) is 11.3 Å². The highest BCUT2D eigenvalue weighted by molar-refractivity contribution is 8.00. The molecule has 2 aromatic carbocycles. The van der Waals surface area contributed by atoms with E-state index in [9.17, 15) is 15.0 Å². The van der Waals surface area contributed by atoms with Crippen molar-refractivity contribution >= 4 is 46.5 Å². The molecule has 4 rings (SSSR count). The van der Waals surface area contributed by atoms with Crippen LogP contribution in [0.1, 0.15) is 55.3 Å². The van der Waals surface area contributed by atoms with E-state index >= 15 is 0 Å². The first-order chi connectivity index (χ1) is 16.3. The molecule has 0 fully saturated rings. The number of aliphatic hydroxyl groups is 1. The molecule has 0 saturated heterocycles. The van der Waals surface area contributed by atoms with Crippen LogP contribution in [0.25, 0.3) is 22.3 Å². The number of nitrogens with zero attached hydrogens (tertiary/aromatic N) is 1. The van der Waals surface area contributed by atoms with Gasteiger partial charge in [0.2, 0.25) is 0 Å². The van der Waals surface area contributed by atoms with Gasteiger partial charge in [-0.1, -0.05) is 23.5 Å². The lowest BCUT2D eigenvalue weighted by atomic mass is 9.81. The fraction of sp³-hybridized carbons (Fsp3) is 0.370. The first kappa shape index (κ1) is 27.4. The zero-order valence-electron chi connectivity index (χ0n) is 21.1. The number of halogens is 1. The maximum absolute atomic E-state index is 11.8. The van der Waals surface area contributed by atoms with Crippen molar-refractivity contribution in [2.75, 3.05) is 10.6 Å². The number of rotatable bonds is 4. The topological polar surface area (TPSA) is 81.0 Å². The van der Waals surface area contributed by atoms with E-state index in [1.165, 1.54) is 16.5 Å². The number of hydrogen-bond donors (Lipinski definition) is 3. The quantitative estimate of drug-likeness (QED) is 0.299. The van der Waals surface area contributed by atoms with Crippen LogP contribution in [0.3, 0.4) is 0 Å². The largest absolute Gasteiger partial charge is 0.507 e. The minimum atomic E-state index is -0.900. The van der Waals surface area contributed by atoms with Crippen molar-refractivity contribution in [1.82, 2.24) is 0 Å². The highest BCUT2D eigenvalue weighted by Crippen LogP contribution is 2.55. The number of carboxylic acids is 1. The number of benzene rings is 2. The lowest BCUT2D eigenvalue weighted by Crippen LogP contribution is -2.25. The molecule has 3 aromatic rings. The molecular weight excluding hydrogens is 502 g/mol. The van der Waals surface area contributed by atoms with E-state index in [2.05, 4.69) is 22.7 Å². The molecule has 0 bridgehead atoms. The van der Waals surface area contributed by atoms with Gasteiger partial charge in [-0.05, 0) is 93.4 Å². The molecule has 0 spiro atoms. The summed E-state index contributed by atoms with van der Waals surface area (Å²) >= 11 is 9.44. The van der Waals surface area contributed by atoms with Crippen LogP contribution < -0.4 is 4.31 Å². The summed E-state index contributed by atoms with van der Waals surface area (Å²) in [5.41, 5.74) is 6.85. The third kappa shape index (κ3) is 5.64. The van der Waals surface area contributed by atoms with Gasteiger partial charge >= 0.3 is 5.97 Å². The van der Waals surface area contributed by atoms with E-state index in [-0.39, 0.29) is 18.2 Å². The Labute approximate surface area is 220 Å². The monoisotopic (exact) mass is 533 g/mol. The minimum absolute atomic E-state index is 0.0491. The van der Waals surface area contributed by atoms with E-state index in [1.807, 2.05) is 20.1 Å². The number of hydrogen-bond acceptors (Lipinski definition) is 6. The van der Waals surface area contributed by atoms with E-state index in [0.29, 0.717) is 10.6 Å². The number of aliphatic carboxylic acids is 1. The smallest absolute Gasteiger partial charge is 0.307 e. The van der Waals surface area contributed by atoms with E-state index in [1.54, 1.807) is 56.2 Å². The van der Waals surface area contributed by atoms with Crippen LogP contribution in [-0.2, 0) is 11.2 Å². The maximum atomic E-state index is 11.8. The van der Waals surface area contributed by atoms with Gasteiger partial charge < -0.3 is 19.6 Å². The number of carboxylic acid groups (broad SMARTS) is 1. The van der Waals surface area contributed by atoms with Crippen molar-refractivity contribution < 1.29 is 20.1 Å². The summed E-state index contributed by atoms with van der Waals surface area (Å²) in [6.07, 6.45) is 1.92. The van der Waals surface area contributed by atoms with Crippen molar-refractivity contribution in [3.63, 3.8) is 0 Å². The maximum Gasteiger partial charge on any atom is 0.307 e. The Morgan fingerprint density at radius 3 is 2.31 bits per heavy atom. The molecule has 35 heavy (non-hydrogen) atoms. The SMILES string of the molecule is CC(C)(C)O.CSN1c2c(C)c(CC(=O)O)c(-c3ccc(Cl)cc3O)c(C)c2-c2ccsc2[C@H]1C. The van der Waals surface area contributed by atoms with Gasteiger partial charge in [0.15, 0.2) is 0 Å². The van der Waals surface area contributed by atoms with Crippen LogP contribution in [0, 0.1) is 13.8 Å². The summed E-state index contributed by atoms with van der Waals surface area (Å²) in [5, 5.41) is 31.4.